The summed E-state index contributed by atoms with van der Waals surface area (Å²) in [5.41, 5.74) is 0.572. The number of rotatable bonds is 5. The van der Waals surface area contributed by atoms with Gasteiger partial charge in [0.2, 0.25) is 0 Å². The quantitative estimate of drug-likeness (QED) is 0.580. The summed E-state index contributed by atoms with van der Waals surface area (Å²) < 4.78 is 0. The van der Waals surface area contributed by atoms with Gasteiger partial charge in [0.15, 0.2) is 0 Å². The van der Waals surface area contributed by atoms with E-state index in [1.54, 1.807) is 0 Å². The Labute approximate surface area is 146 Å². The average molecular weight is 334 g/mol. The molecule has 0 spiro atoms. The van der Waals surface area contributed by atoms with Crippen molar-refractivity contribution in [3.63, 3.8) is 0 Å². The van der Waals surface area contributed by atoms with Crippen molar-refractivity contribution in [2.75, 3.05) is 6.66 Å². The first kappa shape index (κ1) is 16.9. The van der Waals surface area contributed by atoms with Gasteiger partial charge in [0.05, 0.1) is 0 Å². The first-order valence-corrected chi connectivity index (χ1v) is 11.6. The zero-order valence-electron chi connectivity index (χ0n) is 14.9. The summed E-state index contributed by atoms with van der Waals surface area (Å²) >= 11 is 0. The molecule has 0 aliphatic carbocycles. The fourth-order valence-corrected chi connectivity index (χ4v) is 10.3. The van der Waals surface area contributed by atoms with Gasteiger partial charge in [-0.25, -0.2) is 0 Å². The molecule has 1 heteroatoms. The molecule has 3 aromatic carbocycles. The van der Waals surface area contributed by atoms with E-state index in [4.69, 9.17) is 0 Å². The summed E-state index contributed by atoms with van der Waals surface area (Å²) in [4.78, 5) is 0. The van der Waals surface area contributed by atoms with Crippen LogP contribution in [-0.4, -0.2) is 12.3 Å². The summed E-state index contributed by atoms with van der Waals surface area (Å²) in [6.45, 7) is 4.78. The normalized spacial score (nSPS) is 14.5. The molecule has 0 nitrogen and oxygen atoms in total. The van der Waals surface area contributed by atoms with Crippen LogP contribution in [-0.2, 0) is 0 Å². The zero-order valence-corrected chi connectivity index (χ0v) is 15.8. The van der Waals surface area contributed by atoms with E-state index in [9.17, 15) is 0 Å². The Kier molecular flexibility index (Phi) is 4.61. The Hall–Kier alpha value is -1.91. The maximum atomic E-state index is 2.56. The molecule has 24 heavy (non-hydrogen) atoms. The molecule has 0 aliphatic rings. The Balaban J connectivity index is 2.48. The second-order valence-electron chi connectivity index (χ2n) is 6.92. The maximum absolute atomic E-state index is 2.56. The number of benzene rings is 3. The minimum atomic E-state index is -2.54. The Morgan fingerprint density at radius 3 is 1.17 bits per heavy atom. The van der Waals surface area contributed by atoms with E-state index in [0.717, 1.165) is 6.42 Å². The molecule has 124 valence electrons. The molecule has 0 saturated carbocycles. The van der Waals surface area contributed by atoms with Crippen LogP contribution < -0.4 is 15.9 Å². The van der Waals surface area contributed by atoms with E-state index >= 15 is 0 Å². The van der Waals surface area contributed by atoms with E-state index in [2.05, 4.69) is 112 Å². The third-order valence-corrected chi connectivity index (χ3v) is 13.4. The summed E-state index contributed by atoms with van der Waals surface area (Å²) in [5, 5.41) is 4.45. The first-order valence-electron chi connectivity index (χ1n) is 8.80. The third-order valence-electron chi connectivity index (χ3n) is 5.96. The van der Waals surface area contributed by atoms with Crippen molar-refractivity contribution < 1.29 is 0 Å². The van der Waals surface area contributed by atoms with E-state index in [1.165, 1.54) is 15.9 Å². The Morgan fingerprint density at radius 1 is 0.625 bits per heavy atom. The molecule has 0 unspecified atom stereocenters. The SMILES string of the molecule is CC[C@H](C)P(C)(c1ccccc1)(c1ccccc1)c1ccccc1. The molecule has 3 rings (SSSR count). The molecular weight excluding hydrogens is 307 g/mol. The van der Waals surface area contributed by atoms with Crippen LogP contribution in [0.5, 0.6) is 0 Å². The van der Waals surface area contributed by atoms with Crippen LogP contribution in [0, 0.1) is 0 Å². The van der Waals surface area contributed by atoms with Gasteiger partial charge in [0.1, 0.15) is 0 Å². The summed E-state index contributed by atoms with van der Waals surface area (Å²) in [6.07, 6.45) is 1.16. The first-order chi connectivity index (χ1) is 11.6. The fourth-order valence-electron chi connectivity index (χ4n) is 4.10. The standard InChI is InChI=1S/C23H27P/c1-4-20(2)24(3,21-14-8-5-9-15-21,22-16-10-6-11-17-22)23-18-12-7-13-19-23/h5-20H,4H2,1-3H3/t20-/m0/s1. The van der Waals surface area contributed by atoms with Gasteiger partial charge < -0.3 is 0 Å². The summed E-state index contributed by atoms with van der Waals surface area (Å²) in [5.74, 6) is 0. The van der Waals surface area contributed by atoms with Crippen molar-refractivity contribution in [3.05, 3.63) is 91.0 Å². The van der Waals surface area contributed by atoms with Crippen molar-refractivity contribution in [1.29, 1.82) is 0 Å². The van der Waals surface area contributed by atoms with Gasteiger partial charge in [-0.1, -0.05) is 0 Å². The molecule has 0 fully saturated rings. The molecule has 0 saturated heterocycles. The van der Waals surface area contributed by atoms with E-state index < -0.39 is 6.60 Å². The topological polar surface area (TPSA) is 0 Å². The van der Waals surface area contributed by atoms with Gasteiger partial charge in [-0.15, -0.1) is 0 Å². The van der Waals surface area contributed by atoms with Crippen molar-refractivity contribution >= 4 is 22.5 Å². The molecule has 0 N–H and O–H groups in total. The molecule has 0 aliphatic heterocycles. The molecule has 0 radical (unpaired) electrons. The van der Waals surface area contributed by atoms with E-state index in [-0.39, 0.29) is 0 Å². The average Bonchev–Trinajstić information content (AvgIpc) is 2.69. The van der Waals surface area contributed by atoms with Crippen LogP contribution in [0.1, 0.15) is 20.3 Å². The van der Waals surface area contributed by atoms with Crippen LogP contribution >= 0.6 is 6.60 Å². The van der Waals surface area contributed by atoms with E-state index in [1.807, 2.05) is 0 Å². The van der Waals surface area contributed by atoms with Gasteiger partial charge in [0.25, 0.3) is 0 Å². The molecule has 0 aromatic heterocycles. The molecule has 0 amide bonds. The molecule has 0 heterocycles. The molecule has 0 bridgehead atoms. The predicted molar refractivity (Wildman–Crippen MR) is 111 cm³/mol. The van der Waals surface area contributed by atoms with Crippen molar-refractivity contribution in [3.8, 4) is 0 Å². The van der Waals surface area contributed by atoms with Crippen LogP contribution in [0.2, 0.25) is 0 Å². The third kappa shape index (κ3) is 2.33. The van der Waals surface area contributed by atoms with Crippen LogP contribution in [0.15, 0.2) is 91.0 Å². The summed E-state index contributed by atoms with van der Waals surface area (Å²) in [7, 11) is 0. The summed E-state index contributed by atoms with van der Waals surface area (Å²) in [6, 6.07) is 33.5. The Morgan fingerprint density at radius 2 is 0.917 bits per heavy atom. The zero-order chi connectivity index (χ0) is 17.1. The minimum absolute atomic E-state index is 0.572. The molecular formula is C23H27P. The van der Waals surface area contributed by atoms with Gasteiger partial charge in [-0.05, 0) is 0 Å². The number of hydrogen-bond donors (Lipinski definition) is 0. The Bertz CT molecular complexity index is 679. The van der Waals surface area contributed by atoms with Gasteiger partial charge >= 0.3 is 146 Å². The van der Waals surface area contributed by atoms with Crippen molar-refractivity contribution in [2.24, 2.45) is 0 Å². The van der Waals surface area contributed by atoms with Crippen LogP contribution in [0.4, 0.5) is 0 Å². The van der Waals surface area contributed by atoms with Gasteiger partial charge in [-0.2, -0.15) is 0 Å². The number of hydrogen-bond acceptors (Lipinski definition) is 0. The second kappa shape index (κ2) is 6.54. The van der Waals surface area contributed by atoms with E-state index in [0.29, 0.717) is 5.66 Å². The van der Waals surface area contributed by atoms with Crippen molar-refractivity contribution in [2.45, 2.75) is 25.9 Å². The van der Waals surface area contributed by atoms with Gasteiger partial charge in [0, 0.05) is 0 Å². The van der Waals surface area contributed by atoms with Crippen LogP contribution in [0.25, 0.3) is 0 Å². The van der Waals surface area contributed by atoms with Crippen molar-refractivity contribution in [1.82, 2.24) is 0 Å². The fraction of sp³-hybridized carbons (Fsp3) is 0.217. The van der Waals surface area contributed by atoms with Crippen LogP contribution in [0.3, 0.4) is 0 Å². The second-order valence-corrected chi connectivity index (χ2v) is 12.6. The molecule has 1 atom stereocenters. The molecule has 3 aromatic rings. The monoisotopic (exact) mass is 334 g/mol. The predicted octanol–water partition coefficient (Wildman–Crippen LogP) is 4.94. The van der Waals surface area contributed by atoms with Gasteiger partial charge in [-0.3, -0.25) is 0 Å².